The fourth-order valence-electron chi connectivity index (χ4n) is 2.24. The molecule has 1 N–H and O–H groups in total. The number of hydrogen-bond donors (Lipinski definition) is 1. The third kappa shape index (κ3) is 2.18. The molecule has 0 spiro atoms. The lowest BCUT2D eigenvalue weighted by atomic mass is 10.2. The Kier molecular flexibility index (Phi) is 2.91. The van der Waals surface area contributed by atoms with E-state index < -0.39 is 0 Å². The van der Waals surface area contributed by atoms with E-state index in [9.17, 15) is 9.59 Å². The molecule has 1 saturated carbocycles. The Balaban J connectivity index is 1.60. The number of rotatable bonds is 4. The molecule has 0 aromatic carbocycles. The molecule has 1 unspecified atom stereocenters. The van der Waals surface area contributed by atoms with Crippen molar-refractivity contribution in [3.05, 3.63) is 16.1 Å². The van der Waals surface area contributed by atoms with Crippen LogP contribution < -0.4 is 5.32 Å². The van der Waals surface area contributed by atoms with E-state index in [1.54, 1.807) is 11.3 Å². The van der Waals surface area contributed by atoms with Crippen molar-refractivity contribution < 1.29 is 9.59 Å². The van der Waals surface area contributed by atoms with Crippen molar-refractivity contribution in [3.63, 3.8) is 0 Å². The largest absolute Gasteiger partial charge is 0.300 e. The topological polar surface area (TPSA) is 62.3 Å². The highest BCUT2D eigenvalue weighted by Gasteiger charge is 2.45. The summed E-state index contributed by atoms with van der Waals surface area (Å²) in [5, 5.41) is 4.18. The van der Waals surface area contributed by atoms with Crippen molar-refractivity contribution in [2.24, 2.45) is 0 Å². The molecule has 1 aliphatic heterocycles. The van der Waals surface area contributed by atoms with Gasteiger partial charge in [0.15, 0.2) is 0 Å². The molecule has 2 aliphatic rings. The van der Waals surface area contributed by atoms with Gasteiger partial charge in [0.1, 0.15) is 0 Å². The molecule has 1 saturated heterocycles. The zero-order chi connectivity index (χ0) is 12.7. The summed E-state index contributed by atoms with van der Waals surface area (Å²) in [6.07, 6.45) is 4.05. The van der Waals surface area contributed by atoms with E-state index in [0.717, 1.165) is 22.7 Å². The summed E-state index contributed by atoms with van der Waals surface area (Å²) in [6, 6.07) is -0.164. The van der Waals surface area contributed by atoms with Gasteiger partial charge in [-0.15, -0.1) is 11.3 Å². The summed E-state index contributed by atoms with van der Waals surface area (Å²) in [7, 11) is 0. The average molecular weight is 265 g/mol. The Labute approximate surface area is 109 Å². The van der Waals surface area contributed by atoms with Gasteiger partial charge in [0, 0.05) is 23.7 Å². The van der Waals surface area contributed by atoms with Crippen LogP contribution in [-0.4, -0.2) is 33.8 Å². The summed E-state index contributed by atoms with van der Waals surface area (Å²) < 4.78 is 0. The van der Waals surface area contributed by atoms with Crippen LogP contribution in [0.25, 0.3) is 0 Å². The number of aromatic nitrogens is 1. The van der Waals surface area contributed by atoms with Crippen molar-refractivity contribution in [2.75, 3.05) is 0 Å². The Morgan fingerprint density at radius 1 is 1.50 bits per heavy atom. The van der Waals surface area contributed by atoms with Crippen molar-refractivity contribution >= 4 is 23.2 Å². The minimum absolute atomic E-state index is 0.0273. The SMILES string of the molecule is Cc1ncc(CNC2CC(=O)N(C3CC3)C2=O)s1. The van der Waals surface area contributed by atoms with Crippen LogP contribution in [0.3, 0.4) is 0 Å². The number of thiazole rings is 1. The summed E-state index contributed by atoms with van der Waals surface area (Å²) in [5.74, 6) is -0.0794. The predicted octanol–water partition coefficient (Wildman–Crippen LogP) is 0.831. The minimum atomic E-state index is -0.347. The van der Waals surface area contributed by atoms with Crippen molar-refractivity contribution in [1.82, 2.24) is 15.2 Å². The summed E-state index contributed by atoms with van der Waals surface area (Å²) in [5.41, 5.74) is 0. The van der Waals surface area contributed by atoms with Gasteiger partial charge in [-0.1, -0.05) is 0 Å². The maximum absolute atomic E-state index is 12.1. The zero-order valence-corrected chi connectivity index (χ0v) is 11.0. The minimum Gasteiger partial charge on any atom is -0.300 e. The van der Waals surface area contributed by atoms with Crippen molar-refractivity contribution in [2.45, 2.75) is 44.8 Å². The molecule has 3 rings (SSSR count). The number of nitrogens with zero attached hydrogens (tertiary/aromatic N) is 2. The molecule has 18 heavy (non-hydrogen) atoms. The first-order valence-corrected chi connectivity index (χ1v) is 6.97. The van der Waals surface area contributed by atoms with Crippen LogP contribution in [0.5, 0.6) is 0 Å². The molecular weight excluding hydrogens is 250 g/mol. The number of hydrogen-bond acceptors (Lipinski definition) is 5. The van der Waals surface area contributed by atoms with Gasteiger partial charge in [0.2, 0.25) is 11.8 Å². The van der Waals surface area contributed by atoms with Gasteiger partial charge < -0.3 is 5.32 Å². The van der Waals surface area contributed by atoms with Crippen LogP contribution in [0.15, 0.2) is 6.20 Å². The molecule has 1 aromatic rings. The zero-order valence-electron chi connectivity index (χ0n) is 10.2. The molecule has 2 heterocycles. The predicted molar refractivity (Wildman–Crippen MR) is 67.0 cm³/mol. The number of amides is 2. The highest BCUT2D eigenvalue weighted by atomic mass is 32.1. The highest BCUT2D eigenvalue weighted by molar-refractivity contribution is 7.11. The first-order valence-electron chi connectivity index (χ1n) is 6.16. The Morgan fingerprint density at radius 2 is 2.28 bits per heavy atom. The molecule has 2 fully saturated rings. The molecule has 0 bridgehead atoms. The number of likely N-dealkylation sites (tertiary alicyclic amines) is 1. The molecule has 1 aliphatic carbocycles. The van der Waals surface area contributed by atoms with Crippen molar-refractivity contribution in [3.8, 4) is 0 Å². The van der Waals surface area contributed by atoms with Gasteiger partial charge in [-0.3, -0.25) is 14.5 Å². The van der Waals surface area contributed by atoms with Crippen LogP contribution in [0.4, 0.5) is 0 Å². The van der Waals surface area contributed by atoms with Crippen LogP contribution >= 0.6 is 11.3 Å². The monoisotopic (exact) mass is 265 g/mol. The number of aryl methyl sites for hydroxylation is 1. The number of imide groups is 1. The molecule has 0 radical (unpaired) electrons. The average Bonchev–Trinajstić information content (AvgIpc) is 3.00. The summed E-state index contributed by atoms with van der Waals surface area (Å²) >= 11 is 1.61. The van der Waals surface area contributed by atoms with Gasteiger partial charge in [-0.05, 0) is 19.8 Å². The van der Waals surface area contributed by atoms with Crippen LogP contribution in [-0.2, 0) is 16.1 Å². The smallest absolute Gasteiger partial charge is 0.247 e. The second-order valence-electron chi connectivity index (χ2n) is 4.82. The lowest BCUT2D eigenvalue weighted by molar-refractivity contribution is -0.139. The first kappa shape index (κ1) is 11.8. The van der Waals surface area contributed by atoms with E-state index in [1.165, 1.54) is 4.90 Å². The summed E-state index contributed by atoms with van der Waals surface area (Å²) in [4.78, 5) is 30.5. The first-order chi connectivity index (χ1) is 8.65. The second kappa shape index (κ2) is 4.44. The van der Waals surface area contributed by atoms with E-state index in [4.69, 9.17) is 0 Å². The third-order valence-corrected chi connectivity index (χ3v) is 4.20. The van der Waals surface area contributed by atoms with E-state index in [0.29, 0.717) is 13.0 Å². The fourth-order valence-corrected chi connectivity index (χ4v) is 2.98. The maximum atomic E-state index is 12.1. The van der Waals surface area contributed by atoms with E-state index in [2.05, 4.69) is 10.3 Å². The number of nitrogens with one attached hydrogen (secondary N) is 1. The lowest BCUT2D eigenvalue weighted by Crippen LogP contribution is -2.39. The Morgan fingerprint density at radius 3 is 2.89 bits per heavy atom. The molecule has 6 heteroatoms. The molecule has 5 nitrogen and oxygen atoms in total. The van der Waals surface area contributed by atoms with Gasteiger partial charge in [0.25, 0.3) is 0 Å². The fraction of sp³-hybridized carbons (Fsp3) is 0.583. The van der Waals surface area contributed by atoms with Gasteiger partial charge >= 0.3 is 0 Å². The van der Waals surface area contributed by atoms with Crippen LogP contribution in [0.1, 0.15) is 29.1 Å². The number of carbonyl (C=O) groups excluding carboxylic acids is 2. The van der Waals surface area contributed by atoms with Gasteiger partial charge in [-0.2, -0.15) is 0 Å². The molecule has 2 amide bonds. The Bertz CT molecular complexity index is 495. The van der Waals surface area contributed by atoms with E-state index in [1.807, 2.05) is 13.1 Å². The van der Waals surface area contributed by atoms with Crippen molar-refractivity contribution in [1.29, 1.82) is 0 Å². The quantitative estimate of drug-likeness (QED) is 0.819. The highest BCUT2D eigenvalue weighted by Crippen LogP contribution is 2.31. The molecule has 96 valence electrons. The molecule has 1 atom stereocenters. The molecular formula is C12H15N3O2S. The van der Waals surface area contributed by atoms with E-state index in [-0.39, 0.29) is 23.9 Å². The van der Waals surface area contributed by atoms with Gasteiger partial charge in [-0.25, -0.2) is 4.98 Å². The third-order valence-electron chi connectivity index (χ3n) is 3.29. The van der Waals surface area contributed by atoms with Crippen LogP contribution in [0, 0.1) is 6.92 Å². The van der Waals surface area contributed by atoms with Gasteiger partial charge in [0.05, 0.1) is 17.5 Å². The number of carbonyl (C=O) groups is 2. The molecule has 1 aromatic heterocycles. The maximum Gasteiger partial charge on any atom is 0.247 e. The normalized spacial score (nSPS) is 24.1. The summed E-state index contributed by atoms with van der Waals surface area (Å²) in [6.45, 7) is 2.56. The second-order valence-corrected chi connectivity index (χ2v) is 6.14. The lowest BCUT2D eigenvalue weighted by Gasteiger charge is -2.13. The Hall–Kier alpha value is -1.27. The van der Waals surface area contributed by atoms with Crippen LogP contribution in [0.2, 0.25) is 0 Å². The van der Waals surface area contributed by atoms with E-state index >= 15 is 0 Å². The standard InChI is InChI=1S/C12H15N3O2S/c1-7-13-5-9(18-7)6-14-10-4-11(16)15(12(10)17)8-2-3-8/h5,8,10,14H,2-4,6H2,1H3.